The summed E-state index contributed by atoms with van der Waals surface area (Å²) in [5, 5.41) is 7.59. The highest BCUT2D eigenvalue weighted by Crippen LogP contribution is 2.44. The first-order valence-electron chi connectivity index (χ1n) is 14.8. The van der Waals surface area contributed by atoms with Crippen molar-refractivity contribution in [2.45, 2.75) is 6.92 Å². The second-order valence-corrected chi connectivity index (χ2v) is 11.3. The Labute approximate surface area is 251 Å². The lowest BCUT2D eigenvalue weighted by atomic mass is 9.85. The zero-order valence-electron chi connectivity index (χ0n) is 24.0. The van der Waals surface area contributed by atoms with Gasteiger partial charge in [-0.05, 0) is 102 Å². The molecule has 0 fully saturated rings. The Morgan fingerprint density at radius 1 is 0.372 bits per heavy atom. The third kappa shape index (κ3) is 4.47. The standard InChI is InChI=1S/C42H29N/c1-28-23-24-43-40(25-28)30-17-15-29(16-18-30)32-19-20-34-27-35(22-21-33(34)26-32)42-38-13-7-5-11-36(38)41(31-9-3-2-4-10-31)37-12-6-8-14-39(37)42/h2-27H,1H3. The maximum absolute atomic E-state index is 4.54. The number of hydrogen-bond donors (Lipinski definition) is 0. The number of aromatic nitrogens is 1. The van der Waals surface area contributed by atoms with Crippen LogP contribution in [0.1, 0.15) is 5.56 Å². The minimum atomic E-state index is 1.01. The van der Waals surface area contributed by atoms with Crippen molar-refractivity contribution < 1.29 is 0 Å². The van der Waals surface area contributed by atoms with Crippen LogP contribution in [0.2, 0.25) is 0 Å². The Morgan fingerprint density at radius 3 is 1.47 bits per heavy atom. The number of aryl methyl sites for hydroxylation is 1. The Morgan fingerprint density at radius 2 is 0.860 bits per heavy atom. The predicted molar refractivity (Wildman–Crippen MR) is 183 cm³/mol. The van der Waals surface area contributed by atoms with Gasteiger partial charge in [-0.3, -0.25) is 4.98 Å². The van der Waals surface area contributed by atoms with Crippen LogP contribution in [0.4, 0.5) is 0 Å². The van der Waals surface area contributed by atoms with E-state index >= 15 is 0 Å². The van der Waals surface area contributed by atoms with Gasteiger partial charge in [0.1, 0.15) is 0 Å². The predicted octanol–water partition coefficient (Wildman–Crippen LogP) is 11.5. The molecule has 0 saturated heterocycles. The molecule has 0 amide bonds. The fourth-order valence-corrected chi connectivity index (χ4v) is 6.46. The largest absolute Gasteiger partial charge is 0.256 e. The SMILES string of the molecule is Cc1ccnc(-c2ccc(-c3ccc4cc(-c5c6ccccc6c(-c6ccccc6)c6ccccc56)ccc4c3)cc2)c1. The van der Waals surface area contributed by atoms with E-state index in [9.17, 15) is 0 Å². The van der Waals surface area contributed by atoms with Crippen LogP contribution in [0.5, 0.6) is 0 Å². The van der Waals surface area contributed by atoms with Crippen LogP contribution in [-0.2, 0) is 0 Å². The van der Waals surface area contributed by atoms with Gasteiger partial charge < -0.3 is 0 Å². The highest BCUT2D eigenvalue weighted by atomic mass is 14.7. The molecule has 0 N–H and O–H groups in total. The summed E-state index contributed by atoms with van der Waals surface area (Å²) < 4.78 is 0. The molecular weight excluding hydrogens is 518 g/mol. The highest BCUT2D eigenvalue weighted by molar-refractivity contribution is 6.21. The molecule has 43 heavy (non-hydrogen) atoms. The number of rotatable bonds is 4. The summed E-state index contributed by atoms with van der Waals surface area (Å²) in [6.07, 6.45) is 1.87. The molecule has 1 heteroatoms. The Balaban J connectivity index is 1.24. The Hall–Kier alpha value is -5.53. The van der Waals surface area contributed by atoms with Crippen molar-refractivity contribution in [3.05, 3.63) is 163 Å². The van der Waals surface area contributed by atoms with Gasteiger partial charge in [0.2, 0.25) is 0 Å². The van der Waals surface area contributed by atoms with Gasteiger partial charge in [-0.15, -0.1) is 0 Å². The van der Waals surface area contributed by atoms with E-state index in [1.54, 1.807) is 0 Å². The first kappa shape index (κ1) is 25.2. The van der Waals surface area contributed by atoms with E-state index in [1.807, 2.05) is 12.3 Å². The summed E-state index contributed by atoms with van der Waals surface area (Å²) in [5.74, 6) is 0. The lowest BCUT2D eigenvalue weighted by molar-refractivity contribution is 1.29. The quantitative estimate of drug-likeness (QED) is 0.200. The molecule has 202 valence electrons. The van der Waals surface area contributed by atoms with E-state index in [-0.39, 0.29) is 0 Å². The van der Waals surface area contributed by atoms with Crippen LogP contribution in [0.15, 0.2) is 158 Å². The molecule has 1 aromatic heterocycles. The van der Waals surface area contributed by atoms with Crippen molar-refractivity contribution in [2.24, 2.45) is 0 Å². The third-order valence-corrected chi connectivity index (χ3v) is 8.55. The van der Waals surface area contributed by atoms with E-state index in [2.05, 4.69) is 158 Å². The van der Waals surface area contributed by atoms with Crippen molar-refractivity contribution in [1.29, 1.82) is 0 Å². The third-order valence-electron chi connectivity index (χ3n) is 8.55. The molecule has 8 aromatic rings. The smallest absolute Gasteiger partial charge is 0.0704 e. The fourth-order valence-electron chi connectivity index (χ4n) is 6.46. The molecule has 0 atom stereocenters. The summed E-state index contributed by atoms with van der Waals surface area (Å²) >= 11 is 0. The Kier molecular flexibility index (Phi) is 6.09. The monoisotopic (exact) mass is 547 g/mol. The number of nitrogens with zero attached hydrogens (tertiary/aromatic N) is 1. The minimum Gasteiger partial charge on any atom is -0.256 e. The van der Waals surface area contributed by atoms with E-state index in [4.69, 9.17) is 0 Å². The van der Waals surface area contributed by atoms with Crippen molar-refractivity contribution in [2.75, 3.05) is 0 Å². The number of hydrogen-bond acceptors (Lipinski definition) is 1. The first-order valence-corrected chi connectivity index (χ1v) is 14.8. The van der Waals surface area contributed by atoms with E-state index < -0.39 is 0 Å². The van der Waals surface area contributed by atoms with E-state index in [1.165, 1.54) is 71.3 Å². The summed E-state index contributed by atoms with van der Waals surface area (Å²) in [7, 11) is 0. The van der Waals surface area contributed by atoms with Gasteiger partial charge in [-0.1, -0.05) is 127 Å². The number of pyridine rings is 1. The van der Waals surface area contributed by atoms with Gasteiger partial charge in [0.25, 0.3) is 0 Å². The van der Waals surface area contributed by atoms with Crippen molar-refractivity contribution >= 4 is 32.3 Å². The minimum absolute atomic E-state index is 1.01. The van der Waals surface area contributed by atoms with Crippen LogP contribution < -0.4 is 0 Å². The van der Waals surface area contributed by atoms with Crippen LogP contribution in [0.3, 0.4) is 0 Å². The highest BCUT2D eigenvalue weighted by Gasteiger charge is 2.16. The molecule has 0 bridgehead atoms. The molecule has 8 rings (SSSR count). The maximum Gasteiger partial charge on any atom is 0.0704 e. The van der Waals surface area contributed by atoms with Crippen LogP contribution in [0.25, 0.3) is 77.0 Å². The zero-order chi connectivity index (χ0) is 28.8. The van der Waals surface area contributed by atoms with E-state index in [0.717, 1.165) is 11.3 Å². The summed E-state index contributed by atoms with van der Waals surface area (Å²) in [5.41, 5.74) is 10.9. The lowest BCUT2D eigenvalue weighted by Gasteiger charge is -2.18. The van der Waals surface area contributed by atoms with Gasteiger partial charge in [-0.25, -0.2) is 0 Å². The van der Waals surface area contributed by atoms with Crippen molar-refractivity contribution in [3.63, 3.8) is 0 Å². The van der Waals surface area contributed by atoms with Crippen molar-refractivity contribution in [1.82, 2.24) is 4.98 Å². The van der Waals surface area contributed by atoms with Gasteiger partial charge in [0.15, 0.2) is 0 Å². The van der Waals surface area contributed by atoms with Crippen LogP contribution >= 0.6 is 0 Å². The average Bonchev–Trinajstić information content (AvgIpc) is 3.07. The number of fused-ring (bicyclic) bond motifs is 3. The molecule has 0 aliphatic heterocycles. The molecule has 1 heterocycles. The van der Waals surface area contributed by atoms with Gasteiger partial charge in [0.05, 0.1) is 5.69 Å². The topological polar surface area (TPSA) is 12.9 Å². The lowest BCUT2D eigenvalue weighted by Crippen LogP contribution is -1.90. The van der Waals surface area contributed by atoms with E-state index in [0.29, 0.717) is 0 Å². The normalized spacial score (nSPS) is 11.4. The molecule has 0 spiro atoms. The molecular formula is C42H29N. The number of benzene rings is 7. The van der Waals surface area contributed by atoms with Crippen molar-refractivity contribution in [3.8, 4) is 44.6 Å². The summed E-state index contributed by atoms with van der Waals surface area (Å²) in [6, 6.07) is 55.0. The second kappa shape index (κ2) is 10.4. The van der Waals surface area contributed by atoms with Crippen LogP contribution in [-0.4, -0.2) is 4.98 Å². The van der Waals surface area contributed by atoms with Gasteiger partial charge in [0, 0.05) is 11.8 Å². The molecule has 7 aromatic carbocycles. The molecule has 0 aliphatic rings. The fraction of sp³-hybridized carbons (Fsp3) is 0.0238. The van der Waals surface area contributed by atoms with Crippen LogP contribution in [0, 0.1) is 6.92 Å². The zero-order valence-corrected chi connectivity index (χ0v) is 24.0. The van der Waals surface area contributed by atoms with Gasteiger partial charge in [-0.2, -0.15) is 0 Å². The van der Waals surface area contributed by atoms with Gasteiger partial charge >= 0.3 is 0 Å². The molecule has 0 saturated carbocycles. The molecule has 1 nitrogen and oxygen atoms in total. The average molecular weight is 548 g/mol. The summed E-state index contributed by atoms with van der Waals surface area (Å²) in [6.45, 7) is 2.10. The Bertz CT molecular complexity index is 2220. The molecule has 0 radical (unpaired) electrons. The first-order chi connectivity index (χ1) is 21.2. The molecule has 0 aliphatic carbocycles. The summed E-state index contributed by atoms with van der Waals surface area (Å²) in [4.78, 5) is 4.54. The molecule has 0 unspecified atom stereocenters. The maximum atomic E-state index is 4.54. The second-order valence-electron chi connectivity index (χ2n) is 11.3.